The number of nitrogens with one attached hydrogen (secondary N) is 1. The molecule has 0 unspecified atom stereocenters. The molecule has 4 rings (SSSR count). The number of rotatable bonds is 7. The predicted molar refractivity (Wildman–Crippen MR) is 130 cm³/mol. The summed E-state index contributed by atoms with van der Waals surface area (Å²) in [6.45, 7) is 3.73. The highest BCUT2D eigenvalue weighted by Gasteiger charge is 2.24. The number of carbonyl (C=O) groups excluding carboxylic acids is 2. The van der Waals surface area contributed by atoms with E-state index in [9.17, 15) is 9.59 Å². The second-order valence-electron chi connectivity index (χ2n) is 7.64. The van der Waals surface area contributed by atoms with E-state index in [4.69, 9.17) is 13.9 Å². The van der Waals surface area contributed by atoms with Gasteiger partial charge < -0.3 is 19.2 Å². The number of anilines is 1. The summed E-state index contributed by atoms with van der Waals surface area (Å²) in [6, 6.07) is 17.9. The van der Waals surface area contributed by atoms with Crippen molar-refractivity contribution in [3.05, 3.63) is 87.6 Å². The predicted octanol–water partition coefficient (Wildman–Crippen LogP) is 6.07. The van der Waals surface area contributed by atoms with E-state index in [0.717, 1.165) is 11.1 Å². The number of para-hydroxylation sites is 1. The Labute approximate surface area is 199 Å². The van der Waals surface area contributed by atoms with Crippen molar-refractivity contribution < 1.29 is 23.5 Å². The van der Waals surface area contributed by atoms with Gasteiger partial charge in [-0.25, -0.2) is 0 Å². The van der Waals surface area contributed by atoms with Gasteiger partial charge in [0.15, 0.2) is 12.4 Å². The van der Waals surface area contributed by atoms with Crippen LogP contribution >= 0.6 is 15.9 Å². The summed E-state index contributed by atoms with van der Waals surface area (Å²) in [5.74, 6) is 0.506. The maximum atomic E-state index is 13.3. The molecule has 1 heterocycles. The van der Waals surface area contributed by atoms with Crippen LogP contribution in [0.5, 0.6) is 11.5 Å². The smallest absolute Gasteiger partial charge is 0.262 e. The van der Waals surface area contributed by atoms with Crippen LogP contribution in [-0.4, -0.2) is 25.4 Å². The Morgan fingerprint density at radius 1 is 1.00 bits per heavy atom. The van der Waals surface area contributed by atoms with E-state index in [1.54, 1.807) is 43.5 Å². The molecule has 0 bridgehead atoms. The molecule has 0 fully saturated rings. The van der Waals surface area contributed by atoms with Gasteiger partial charge in [0.05, 0.1) is 17.3 Å². The molecule has 0 atom stereocenters. The average Bonchev–Trinajstić information content (AvgIpc) is 3.15. The van der Waals surface area contributed by atoms with Gasteiger partial charge in [0.25, 0.3) is 5.91 Å². The van der Waals surface area contributed by atoms with E-state index >= 15 is 0 Å². The van der Waals surface area contributed by atoms with Crippen LogP contribution in [0.2, 0.25) is 0 Å². The van der Waals surface area contributed by atoms with Crippen molar-refractivity contribution in [1.82, 2.24) is 0 Å². The molecular formula is C26H22BrNO5. The van der Waals surface area contributed by atoms with E-state index in [1.807, 2.05) is 38.1 Å². The second kappa shape index (κ2) is 9.50. The molecule has 1 N–H and O–H groups in total. The van der Waals surface area contributed by atoms with E-state index in [0.29, 0.717) is 38.2 Å². The van der Waals surface area contributed by atoms with Crippen molar-refractivity contribution in [3.8, 4) is 11.5 Å². The van der Waals surface area contributed by atoms with Gasteiger partial charge in [-0.3, -0.25) is 9.59 Å². The Kier molecular flexibility index (Phi) is 6.51. The highest BCUT2D eigenvalue weighted by atomic mass is 79.9. The maximum Gasteiger partial charge on any atom is 0.262 e. The number of methoxy groups -OCH3 is 1. The zero-order valence-electron chi connectivity index (χ0n) is 18.4. The van der Waals surface area contributed by atoms with Crippen LogP contribution < -0.4 is 14.8 Å². The zero-order chi connectivity index (χ0) is 23.5. The summed E-state index contributed by atoms with van der Waals surface area (Å²) in [6.07, 6.45) is 0. The molecule has 0 aliphatic rings. The van der Waals surface area contributed by atoms with Crippen LogP contribution in [-0.2, 0) is 4.79 Å². The largest absolute Gasteiger partial charge is 0.496 e. The summed E-state index contributed by atoms with van der Waals surface area (Å²) in [4.78, 5) is 26.0. The van der Waals surface area contributed by atoms with Crippen molar-refractivity contribution in [2.75, 3.05) is 19.0 Å². The van der Waals surface area contributed by atoms with E-state index < -0.39 is 5.91 Å². The topological polar surface area (TPSA) is 77.8 Å². The summed E-state index contributed by atoms with van der Waals surface area (Å²) < 4.78 is 17.4. The number of fused-ring (bicyclic) bond motifs is 1. The molecule has 0 radical (unpaired) electrons. The minimum atomic E-state index is -0.398. The van der Waals surface area contributed by atoms with Gasteiger partial charge in [0.2, 0.25) is 5.78 Å². The van der Waals surface area contributed by atoms with Crippen LogP contribution in [0.4, 0.5) is 5.69 Å². The van der Waals surface area contributed by atoms with E-state index in [1.165, 1.54) is 0 Å². The van der Waals surface area contributed by atoms with E-state index in [2.05, 4.69) is 21.2 Å². The summed E-state index contributed by atoms with van der Waals surface area (Å²) in [5, 5.41) is 3.44. The second-order valence-corrected chi connectivity index (χ2v) is 8.50. The minimum Gasteiger partial charge on any atom is -0.496 e. The van der Waals surface area contributed by atoms with Gasteiger partial charge in [-0.1, -0.05) is 18.2 Å². The number of carbonyl (C=O) groups is 2. The first-order chi connectivity index (χ1) is 15.9. The average molecular weight is 508 g/mol. The van der Waals surface area contributed by atoms with Gasteiger partial charge in [0, 0.05) is 10.9 Å². The zero-order valence-corrected chi connectivity index (χ0v) is 20.0. The van der Waals surface area contributed by atoms with Crippen LogP contribution in [0.25, 0.3) is 11.0 Å². The number of hydrogen-bond acceptors (Lipinski definition) is 5. The van der Waals surface area contributed by atoms with Crippen molar-refractivity contribution in [3.63, 3.8) is 0 Å². The molecule has 0 spiro atoms. The van der Waals surface area contributed by atoms with Crippen LogP contribution in [0.15, 0.2) is 69.6 Å². The normalized spacial score (nSPS) is 10.8. The number of aryl methyl sites for hydroxylation is 2. The van der Waals surface area contributed by atoms with Crippen molar-refractivity contribution in [1.29, 1.82) is 0 Å². The lowest BCUT2D eigenvalue weighted by Crippen LogP contribution is -2.21. The first-order valence-electron chi connectivity index (χ1n) is 10.3. The SMILES string of the molecule is COc1ccc(C(=O)c2oc3ccccc3c2NC(=O)COc2cc(C)cc(C)c2)cc1Br. The minimum absolute atomic E-state index is 0.0491. The summed E-state index contributed by atoms with van der Waals surface area (Å²) >= 11 is 3.40. The third-order valence-corrected chi connectivity index (χ3v) is 5.66. The highest BCUT2D eigenvalue weighted by Crippen LogP contribution is 2.34. The molecular weight excluding hydrogens is 486 g/mol. The Bertz CT molecular complexity index is 1340. The first kappa shape index (κ1) is 22.6. The number of ether oxygens (including phenoxy) is 2. The van der Waals surface area contributed by atoms with Gasteiger partial charge in [-0.05, 0) is 83.4 Å². The lowest BCUT2D eigenvalue weighted by atomic mass is 10.1. The number of furan rings is 1. The summed E-state index contributed by atoms with van der Waals surface area (Å²) in [5.41, 5.74) is 3.30. The fraction of sp³-hybridized carbons (Fsp3) is 0.154. The summed E-state index contributed by atoms with van der Waals surface area (Å²) in [7, 11) is 1.55. The van der Waals surface area contributed by atoms with Crippen LogP contribution in [0.1, 0.15) is 27.2 Å². The third-order valence-electron chi connectivity index (χ3n) is 5.05. The molecule has 0 aliphatic heterocycles. The van der Waals surface area contributed by atoms with Gasteiger partial charge in [-0.15, -0.1) is 0 Å². The molecule has 1 amide bonds. The molecule has 4 aromatic rings. The molecule has 0 saturated carbocycles. The molecule has 6 nitrogen and oxygen atoms in total. The molecule has 3 aromatic carbocycles. The molecule has 168 valence electrons. The van der Waals surface area contributed by atoms with Crippen molar-refractivity contribution in [2.24, 2.45) is 0 Å². The van der Waals surface area contributed by atoms with Crippen molar-refractivity contribution in [2.45, 2.75) is 13.8 Å². The molecule has 7 heteroatoms. The number of hydrogen-bond donors (Lipinski definition) is 1. The van der Waals surface area contributed by atoms with E-state index in [-0.39, 0.29) is 18.2 Å². The molecule has 0 aliphatic carbocycles. The fourth-order valence-electron chi connectivity index (χ4n) is 3.61. The number of ketones is 1. The maximum absolute atomic E-state index is 13.3. The third kappa shape index (κ3) is 4.93. The lowest BCUT2D eigenvalue weighted by molar-refractivity contribution is -0.118. The van der Waals surface area contributed by atoms with Crippen LogP contribution in [0.3, 0.4) is 0 Å². The van der Waals surface area contributed by atoms with Crippen molar-refractivity contribution >= 4 is 44.3 Å². The first-order valence-corrected chi connectivity index (χ1v) is 11.1. The molecule has 33 heavy (non-hydrogen) atoms. The monoisotopic (exact) mass is 507 g/mol. The van der Waals surface area contributed by atoms with Gasteiger partial charge >= 0.3 is 0 Å². The Hall–Kier alpha value is -3.58. The quantitative estimate of drug-likeness (QED) is 0.307. The highest BCUT2D eigenvalue weighted by molar-refractivity contribution is 9.10. The standard InChI is InChI=1S/C26H22BrNO5/c1-15-10-16(2)12-18(11-15)32-14-23(29)28-24-19-6-4-5-7-21(19)33-26(24)25(30)17-8-9-22(31-3)20(27)13-17/h4-13H,14H2,1-3H3,(H,28,29). The lowest BCUT2D eigenvalue weighted by Gasteiger charge is -2.10. The molecule has 0 saturated heterocycles. The number of amides is 1. The molecule has 1 aromatic heterocycles. The Morgan fingerprint density at radius 3 is 2.42 bits per heavy atom. The van der Waals surface area contributed by atoms with Gasteiger partial charge in [-0.2, -0.15) is 0 Å². The number of benzene rings is 3. The Balaban J connectivity index is 1.61. The van der Waals surface area contributed by atoms with Gasteiger partial charge in [0.1, 0.15) is 17.1 Å². The number of halogens is 1. The van der Waals surface area contributed by atoms with Crippen LogP contribution in [0, 0.1) is 13.8 Å². The fourth-order valence-corrected chi connectivity index (χ4v) is 4.15. The Morgan fingerprint density at radius 2 is 1.73 bits per heavy atom.